The van der Waals surface area contributed by atoms with E-state index >= 15 is 0 Å². The number of hydrogen-bond donors (Lipinski definition) is 3. The van der Waals surface area contributed by atoms with E-state index in [9.17, 15) is 9.59 Å². The highest BCUT2D eigenvalue weighted by atomic mass is 79.9. The molecule has 0 spiro atoms. The lowest BCUT2D eigenvalue weighted by atomic mass is 9.98. The molecule has 3 N–H and O–H groups in total. The lowest BCUT2D eigenvalue weighted by Crippen LogP contribution is -2.49. The molecule has 31 heavy (non-hydrogen) atoms. The van der Waals surface area contributed by atoms with E-state index in [-0.39, 0.29) is 11.7 Å². The summed E-state index contributed by atoms with van der Waals surface area (Å²) >= 11 is 8.42. The Labute approximate surface area is 196 Å². The molecular formula is C22H26BrN3O4S. The Morgan fingerprint density at radius 2 is 1.81 bits per heavy atom. The van der Waals surface area contributed by atoms with Gasteiger partial charge in [-0.05, 0) is 61.3 Å². The first kappa shape index (κ1) is 24.6. The molecule has 9 heteroatoms. The van der Waals surface area contributed by atoms with E-state index in [0.29, 0.717) is 29.6 Å². The first-order chi connectivity index (χ1) is 14.8. The van der Waals surface area contributed by atoms with Crippen molar-refractivity contribution in [1.29, 1.82) is 0 Å². The highest BCUT2D eigenvalue weighted by Gasteiger charge is 2.15. The molecule has 0 aromatic heterocycles. The lowest BCUT2D eigenvalue weighted by molar-refractivity contribution is -0.123. The van der Waals surface area contributed by atoms with Gasteiger partial charge in [0.1, 0.15) is 11.5 Å². The van der Waals surface area contributed by atoms with Gasteiger partial charge in [-0.15, -0.1) is 0 Å². The van der Waals surface area contributed by atoms with Gasteiger partial charge in [-0.1, -0.05) is 48.0 Å². The van der Waals surface area contributed by atoms with Crippen molar-refractivity contribution in [2.75, 3.05) is 13.2 Å². The van der Waals surface area contributed by atoms with Crippen LogP contribution in [0.25, 0.3) is 0 Å². The highest BCUT2D eigenvalue weighted by Crippen LogP contribution is 2.28. The van der Waals surface area contributed by atoms with Crippen LogP contribution in [-0.2, 0) is 4.79 Å². The zero-order valence-electron chi connectivity index (χ0n) is 17.7. The van der Waals surface area contributed by atoms with Crippen LogP contribution in [0.1, 0.15) is 49.0 Å². The summed E-state index contributed by atoms with van der Waals surface area (Å²) < 4.78 is 11.9. The number of nitrogens with one attached hydrogen (secondary N) is 3. The Bertz CT molecular complexity index is 939. The van der Waals surface area contributed by atoms with Crippen LogP contribution in [0.4, 0.5) is 0 Å². The molecular weight excluding hydrogens is 482 g/mol. The van der Waals surface area contributed by atoms with E-state index in [1.54, 1.807) is 18.2 Å². The number of benzene rings is 2. The third-order valence-corrected chi connectivity index (χ3v) is 5.15. The third-order valence-electron chi connectivity index (χ3n) is 4.45. The average Bonchev–Trinajstić information content (AvgIpc) is 2.77. The molecule has 0 bridgehead atoms. The summed E-state index contributed by atoms with van der Waals surface area (Å²) in [5, 5.41) is 2.45. The minimum atomic E-state index is -0.463. The van der Waals surface area contributed by atoms with Crippen LogP contribution in [0.3, 0.4) is 0 Å². The Morgan fingerprint density at radius 1 is 1.06 bits per heavy atom. The molecule has 2 amide bonds. The van der Waals surface area contributed by atoms with Crippen LogP contribution < -0.4 is 25.6 Å². The van der Waals surface area contributed by atoms with Crippen molar-refractivity contribution in [2.45, 2.75) is 33.1 Å². The summed E-state index contributed by atoms with van der Waals surface area (Å²) in [6, 6.07) is 12.7. The molecule has 0 saturated heterocycles. The number of hydrazine groups is 1. The second kappa shape index (κ2) is 12.3. The number of amides is 2. The van der Waals surface area contributed by atoms with Crippen LogP contribution in [0.5, 0.6) is 11.5 Å². The molecule has 1 unspecified atom stereocenters. The first-order valence-electron chi connectivity index (χ1n) is 9.89. The Morgan fingerprint density at radius 3 is 2.52 bits per heavy atom. The first-order valence-corrected chi connectivity index (χ1v) is 11.1. The van der Waals surface area contributed by atoms with E-state index in [0.717, 1.165) is 16.5 Å². The number of carbonyl (C=O) groups excluding carboxylic acids is 2. The fraction of sp³-hybridized carbons (Fsp3) is 0.318. The predicted molar refractivity (Wildman–Crippen MR) is 127 cm³/mol. The highest BCUT2D eigenvalue weighted by molar-refractivity contribution is 9.10. The maximum Gasteiger partial charge on any atom is 0.276 e. The van der Waals surface area contributed by atoms with Crippen molar-refractivity contribution >= 4 is 45.1 Å². The normalized spacial score (nSPS) is 11.2. The van der Waals surface area contributed by atoms with E-state index in [2.05, 4.69) is 45.9 Å². The molecule has 7 nitrogen and oxygen atoms in total. The van der Waals surface area contributed by atoms with Gasteiger partial charge in [0, 0.05) is 4.47 Å². The molecule has 0 heterocycles. The molecule has 2 rings (SSSR count). The second-order valence-electron chi connectivity index (χ2n) is 6.67. The molecule has 2 aromatic carbocycles. The van der Waals surface area contributed by atoms with Crippen LogP contribution in [0.2, 0.25) is 0 Å². The summed E-state index contributed by atoms with van der Waals surface area (Å²) in [5.41, 5.74) is 6.28. The molecule has 0 fully saturated rings. The standard InChI is InChI=1S/C22H26BrN3O4S/c1-4-14(3)16-8-6-7-9-18(16)30-13-20(27)25-26-22(31)24-21(28)17-12-15(23)10-11-19(17)29-5-2/h6-12,14H,4-5,13H2,1-3H3,(H,25,27)(H2,24,26,28,31). The van der Waals surface area contributed by atoms with Crippen molar-refractivity contribution in [2.24, 2.45) is 0 Å². The Balaban J connectivity index is 1.86. The van der Waals surface area contributed by atoms with Crippen molar-refractivity contribution in [3.8, 4) is 11.5 Å². The zero-order valence-corrected chi connectivity index (χ0v) is 20.1. The smallest absolute Gasteiger partial charge is 0.276 e. The van der Waals surface area contributed by atoms with Gasteiger partial charge < -0.3 is 9.47 Å². The van der Waals surface area contributed by atoms with Gasteiger partial charge in [-0.25, -0.2) is 0 Å². The van der Waals surface area contributed by atoms with Crippen molar-refractivity contribution in [3.63, 3.8) is 0 Å². The van der Waals surface area contributed by atoms with Crippen molar-refractivity contribution in [1.82, 2.24) is 16.2 Å². The lowest BCUT2D eigenvalue weighted by Gasteiger charge is -2.16. The molecule has 0 aliphatic heterocycles. The van der Waals surface area contributed by atoms with Crippen LogP contribution in [0, 0.1) is 0 Å². The molecule has 2 aromatic rings. The maximum atomic E-state index is 12.5. The number of para-hydroxylation sites is 1. The van der Waals surface area contributed by atoms with Gasteiger partial charge in [0.25, 0.3) is 11.8 Å². The fourth-order valence-electron chi connectivity index (χ4n) is 2.71. The number of carbonyl (C=O) groups is 2. The quantitative estimate of drug-likeness (QED) is 0.368. The Kier molecular flexibility index (Phi) is 9.74. The minimum absolute atomic E-state index is 0.0548. The van der Waals surface area contributed by atoms with Gasteiger partial charge in [0.2, 0.25) is 0 Å². The van der Waals surface area contributed by atoms with Crippen LogP contribution in [-0.4, -0.2) is 30.1 Å². The zero-order chi connectivity index (χ0) is 22.8. The summed E-state index contributed by atoms with van der Waals surface area (Å²) in [7, 11) is 0. The summed E-state index contributed by atoms with van der Waals surface area (Å²) in [4.78, 5) is 24.6. The molecule has 0 aliphatic rings. The van der Waals surface area contributed by atoms with Gasteiger partial charge >= 0.3 is 0 Å². The van der Waals surface area contributed by atoms with E-state index in [4.69, 9.17) is 21.7 Å². The van der Waals surface area contributed by atoms with Gasteiger partial charge in [-0.3, -0.25) is 25.8 Å². The number of rotatable bonds is 8. The summed E-state index contributed by atoms with van der Waals surface area (Å²) in [6.45, 7) is 6.25. The second-order valence-corrected chi connectivity index (χ2v) is 7.99. The molecule has 0 saturated carbocycles. The van der Waals surface area contributed by atoms with Gasteiger partial charge in [0.05, 0.1) is 12.2 Å². The molecule has 0 radical (unpaired) electrons. The monoisotopic (exact) mass is 507 g/mol. The largest absolute Gasteiger partial charge is 0.493 e. The third kappa shape index (κ3) is 7.52. The fourth-order valence-corrected chi connectivity index (χ4v) is 3.21. The van der Waals surface area contributed by atoms with E-state index in [1.165, 1.54) is 0 Å². The van der Waals surface area contributed by atoms with Crippen molar-refractivity contribution in [3.05, 3.63) is 58.1 Å². The van der Waals surface area contributed by atoms with Gasteiger partial charge in [0.15, 0.2) is 11.7 Å². The topological polar surface area (TPSA) is 88.7 Å². The SMILES string of the molecule is CCOc1ccc(Br)cc1C(=O)NC(=S)NNC(=O)COc1ccccc1C(C)CC. The minimum Gasteiger partial charge on any atom is -0.493 e. The predicted octanol–water partition coefficient (Wildman–Crippen LogP) is 4.08. The molecule has 1 atom stereocenters. The number of thiocarbonyl (C=S) groups is 1. The summed E-state index contributed by atoms with van der Waals surface area (Å²) in [6.07, 6.45) is 0.963. The average molecular weight is 508 g/mol. The van der Waals surface area contributed by atoms with E-state index < -0.39 is 11.8 Å². The van der Waals surface area contributed by atoms with E-state index in [1.807, 2.05) is 31.2 Å². The van der Waals surface area contributed by atoms with Crippen LogP contribution in [0.15, 0.2) is 46.9 Å². The molecule has 0 aliphatic carbocycles. The Hall–Kier alpha value is -2.65. The summed E-state index contributed by atoms with van der Waals surface area (Å²) in [5.74, 6) is 0.521. The number of ether oxygens (including phenoxy) is 2. The maximum absolute atomic E-state index is 12.5. The number of halogens is 1. The molecule has 166 valence electrons. The van der Waals surface area contributed by atoms with Gasteiger partial charge in [-0.2, -0.15) is 0 Å². The van der Waals surface area contributed by atoms with Crippen LogP contribution >= 0.6 is 28.1 Å². The number of hydrogen-bond acceptors (Lipinski definition) is 5. The van der Waals surface area contributed by atoms with Crippen molar-refractivity contribution < 1.29 is 19.1 Å².